The number of amides is 1. The average molecular weight is 480 g/mol. The topological polar surface area (TPSA) is 50.8 Å². The zero-order valence-corrected chi connectivity index (χ0v) is 18.8. The molecule has 1 aromatic rings. The highest BCUT2D eigenvalue weighted by Crippen LogP contribution is 2.35. The zero-order valence-electron chi connectivity index (χ0n) is 15.6. The Hall–Kier alpha value is -0.790. The van der Waals surface area contributed by atoms with Crippen molar-refractivity contribution in [1.29, 1.82) is 0 Å². The third-order valence-electron chi connectivity index (χ3n) is 3.14. The fourth-order valence-electron chi connectivity index (χ4n) is 2.07. The fraction of sp³-hybridized carbons (Fsp3) is 0.611. The molecule has 1 rings (SSSR count). The molecule has 0 fully saturated rings. The number of halogens is 2. The second kappa shape index (κ2) is 10.4. The maximum atomic E-state index is 11.7. The smallest absolute Gasteiger partial charge is 0.407 e. The van der Waals surface area contributed by atoms with E-state index in [0.717, 1.165) is 33.2 Å². The van der Waals surface area contributed by atoms with Gasteiger partial charge in [0.1, 0.15) is 11.4 Å². The first kappa shape index (κ1) is 22.3. The van der Waals surface area contributed by atoms with E-state index >= 15 is 0 Å². The van der Waals surface area contributed by atoms with Crippen LogP contribution >= 0.6 is 31.9 Å². The number of carbonyl (C=O) groups excluding carboxylic acids is 1. The summed E-state index contributed by atoms with van der Waals surface area (Å²) in [4.78, 5) is 13.8. The number of carbonyl (C=O) groups is 1. The number of ether oxygens (including phenoxy) is 2. The van der Waals surface area contributed by atoms with Crippen molar-refractivity contribution < 1.29 is 14.3 Å². The van der Waals surface area contributed by atoms with Crippen LogP contribution in [0.5, 0.6) is 5.75 Å². The Kier molecular flexibility index (Phi) is 9.24. The summed E-state index contributed by atoms with van der Waals surface area (Å²) in [6.45, 7) is 7.70. The van der Waals surface area contributed by atoms with E-state index in [0.29, 0.717) is 19.6 Å². The standard InChI is InChI=1S/C18H28Br2N2O3/c1-18(2,3)25-17(23)21-8-7-13-11-14(19)16(15(20)12-13)24-10-6-9-22(4)5/h11-12H,6-10H2,1-5H3,(H,21,23). The molecule has 0 saturated carbocycles. The number of hydrogen-bond donors (Lipinski definition) is 1. The van der Waals surface area contributed by atoms with Gasteiger partial charge in [-0.1, -0.05) is 0 Å². The highest BCUT2D eigenvalue weighted by atomic mass is 79.9. The Morgan fingerprint density at radius 3 is 2.32 bits per heavy atom. The minimum absolute atomic E-state index is 0.397. The quantitative estimate of drug-likeness (QED) is 0.553. The average Bonchev–Trinajstić information content (AvgIpc) is 2.43. The Bertz CT molecular complexity index is 549. The lowest BCUT2D eigenvalue weighted by atomic mass is 10.1. The van der Waals surface area contributed by atoms with Crippen molar-refractivity contribution >= 4 is 38.0 Å². The number of hydrogen-bond acceptors (Lipinski definition) is 4. The van der Waals surface area contributed by atoms with Gasteiger partial charge >= 0.3 is 6.09 Å². The lowest BCUT2D eigenvalue weighted by molar-refractivity contribution is 0.0528. The summed E-state index contributed by atoms with van der Waals surface area (Å²) in [5.41, 5.74) is 0.609. The molecule has 0 aliphatic heterocycles. The number of alkyl carbamates (subject to hydrolysis) is 1. The molecule has 1 amide bonds. The molecule has 0 heterocycles. The molecule has 142 valence electrons. The monoisotopic (exact) mass is 478 g/mol. The first-order valence-electron chi connectivity index (χ1n) is 8.31. The van der Waals surface area contributed by atoms with Crippen LogP contribution in [0.15, 0.2) is 21.1 Å². The van der Waals surface area contributed by atoms with Crippen molar-refractivity contribution in [1.82, 2.24) is 10.2 Å². The second-order valence-electron chi connectivity index (χ2n) is 7.07. The molecule has 0 bridgehead atoms. The van der Waals surface area contributed by atoms with Crippen molar-refractivity contribution in [3.8, 4) is 5.75 Å². The van der Waals surface area contributed by atoms with Gasteiger partial charge in [0.15, 0.2) is 0 Å². The lowest BCUT2D eigenvalue weighted by Gasteiger charge is -2.19. The van der Waals surface area contributed by atoms with E-state index in [1.165, 1.54) is 0 Å². The summed E-state index contributed by atoms with van der Waals surface area (Å²) >= 11 is 7.12. The summed E-state index contributed by atoms with van der Waals surface area (Å²) < 4.78 is 12.9. The molecule has 7 heteroatoms. The van der Waals surface area contributed by atoms with Gasteiger partial charge in [0.2, 0.25) is 0 Å². The predicted octanol–water partition coefficient (Wildman–Crippen LogP) is 4.61. The van der Waals surface area contributed by atoms with Gasteiger partial charge in [-0.15, -0.1) is 0 Å². The van der Waals surface area contributed by atoms with E-state index in [2.05, 4.69) is 42.1 Å². The maximum Gasteiger partial charge on any atom is 0.407 e. The van der Waals surface area contributed by atoms with Crippen molar-refractivity contribution in [2.75, 3.05) is 33.8 Å². The molecular weight excluding hydrogens is 452 g/mol. The highest BCUT2D eigenvalue weighted by Gasteiger charge is 2.15. The van der Waals surface area contributed by atoms with Crippen molar-refractivity contribution in [2.24, 2.45) is 0 Å². The molecule has 0 atom stereocenters. The van der Waals surface area contributed by atoms with E-state index in [1.54, 1.807) is 0 Å². The zero-order chi connectivity index (χ0) is 19.0. The number of benzene rings is 1. The van der Waals surface area contributed by atoms with Gasteiger partial charge < -0.3 is 19.7 Å². The van der Waals surface area contributed by atoms with Gasteiger partial charge in [-0.05, 0) is 97.3 Å². The SMILES string of the molecule is CN(C)CCCOc1c(Br)cc(CCNC(=O)OC(C)(C)C)cc1Br. The van der Waals surface area contributed by atoms with Crippen LogP contribution in [0.4, 0.5) is 4.79 Å². The predicted molar refractivity (Wildman–Crippen MR) is 108 cm³/mol. The van der Waals surface area contributed by atoms with Crippen molar-refractivity contribution in [2.45, 2.75) is 39.2 Å². The molecule has 1 N–H and O–H groups in total. The van der Waals surface area contributed by atoms with Gasteiger partial charge in [-0.2, -0.15) is 0 Å². The van der Waals surface area contributed by atoms with Crippen LogP contribution in [0, 0.1) is 0 Å². The van der Waals surface area contributed by atoms with Gasteiger partial charge in [0.05, 0.1) is 15.6 Å². The van der Waals surface area contributed by atoms with Gasteiger partial charge in [0.25, 0.3) is 0 Å². The molecule has 0 spiro atoms. The van der Waals surface area contributed by atoms with Crippen LogP contribution in [0.2, 0.25) is 0 Å². The summed E-state index contributed by atoms with van der Waals surface area (Å²) in [7, 11) is 4.10. The summed E-state index contributed by atoms with van der Waals surface area (Å²) in [5.74, 6) is 0.808. The first-order valence-corrected chi connectivity index (χ1v) is 9.89. The molecule has 1 aromatic carbocycles. The minimum Gasteiger partial charge on any atom is -0.491 e. The normalized spacial score (nSPS) is 11.5. The molecule has 0 aromatic heterocycles. The van der Waals surface area contributed by atoms with Crippen LogP contribution < -0.4 is 10.1 Å². The molecule has 5 nitrogen and oxygen atoms in total. The Morgan fingerprint density at radius 2 is 1.80 bits per heavy atom. The van der Waals surface area contributed by atoms with Crippen molar-refractivity contribution in [3.05, 3.63) is 26.6 Å². The fourth-order valence-corrected chi connectivity index (χ4v) is 3.58. The van der Waals surface area contributed by atoms with Crippen molar-refractivity contribution in [3.63, 3.8) is 0 Å². The summed E-state index contributed by atoms with van der Waals surface area (Å²) in [6, 6.07) is 4.03. The number of nitrogens with one attached hydrogen (secondary N) is 1. The maximum absolute atomic E-state index is 11.7. The molecule has 0 aliphatic rings. The Labute approximate surface area is 167 Å². The van der Waals surface area contributed by atoms with E-state index in [1.807, 2.05) is 47.0 Å². The summed E-state index contributed by atoms with van der Waals surface area (Å²) in [5, 5.41) is 2.77. The van der Waals surface area contributed by atoms with Crippen LogP contribution in [0.3, 0.4) is 0 Å². The minimum atomic E-state index is -0.484. The van der Waals surface area contributed by atoms with Crippen LogP contribution in [0.25, 0.3) is 0 Å². The second-order valence-corrected chi connectivity index (χ2v) is 8.78. The van der Waals surface area contributed by atoms with E-state index < -0.39 is 11.7 Å². The largest absolute Gasteiger partial charge is 0.491 e. The first-order chi connectivity index (χ1) is 11.6. The van der Waals surface area contributed by atoms with E-state index in [9.17, 15) is 4.79 Å². The third kappa shape index (κ3) is 9.47. The molecule has 25 heavy (non-hydrogen) atoms. The highest BCUT2D eigenvalue weighted by molar-refractivity contribution is 9.11. The third-order valence-corrected chi connectivity index (χ3v) is 4.31. The lowest BCUT2D eigenvalue weighted by Crippen LogP contribution is -2.33. The van der Waals surface area contributed by atoms with Crippen LogP contribution in [0.1, 0.15) is 32.8 Å². The van der Waals surface area contributed by atoms with E-state index in [-0.39, 0.29) is 0 Å². The number of rotatable bonds is 8. The van der Waals surface area contributed by atoms with Crippen LogP contribution in [-0.4, -0.2) is 50.4 Å². The molecule has 0 unspecified atom stereocenters. The molecular formula is C18H28Br2N2O3. The Balaban J connectivity index is 2.50. The van der Waals surface area contributed by atoms with Gasteiger partial charge in [0, 0.05) is 13.1 Å². The number of nitrogens with zero attached hydrogens (tertiary/aromatic N) is 1. The molecule has 0 saturated heterocycles. The van der Waals surface area contributed by atoms with Gasteiger partial charge in [-0.3, -0.25) is 0 Å². The van der Waals surface area contributed by atoms with E-state index in [4.69, 9.17) is 9.47 Å². The molecule has 0 aliphatic carbocycles. The summed E-state index contributed by atoms with van der Waals surface area (Å²) in [6.07, 6.45) is 1.27. The molecule has 0 radical (unpaired) electrons. The van der Waals surface area contributed by atoms with Gasteiger partial charge in [-0.25, -0.2) is 4.79 Å². The van der Waals surface area contributed by atoms with Crippen LogP contribution in [-0.2, 0) is 11.2 Å². The Morgan fingerprint density at radius 1 is 1.20 bits per heavy atom.